The van der Waals surface area contributed by atoms with Crippen LogP contribution in [0.1, 0.15) is 53.4 Å². The predicted octanol–water partition coefficient (Wildman–Crippen LogP) is 1.56. The van der Waals surface area contributed by atoms with Crippen molar-refractivity contribution < 1.29 is 43.2 Å². The van der Waals surface area contributed by atoms with E-state index < -0.39 is 41.2 Å². The summed E-state index contributed by atoms with van der Waals surface area (Å²) >= 11 is 0. The molecular weight excluding hydrogens is 506 g/mol. The first kappa shape index (κ1) is 27.4. The highest BCUT2D eigenvalue weighted by atomic mass is 16.6. The smallest absolute Gasteiger partial charge is 0.302 e. The van der Waals surface area contributed by atoms with Crippen molar-refractivity contribution in [3.05, 3.63) is 0 Å². The summed E-state index contributed by atoms with van der Waals surface area (Å²) in [4.78, 5) is 40.1. The first-order valence-corrected chi connectivity index (χ1v) is 14.5. The van der Waals surface area contributed by atoms with Crippen molar-refractivity contribution >= 4 is 17.9 Å². The highest BCUT2D eigenvalue weighted by Crippen LogP contribution is 2.79. The van der Waals surface area contributed by atoms with Crippen molar-refractivity contribution in [2.45, 2.75) is 89.4 Å². The summed E-state index contributed by atoms with van der Waals surface area (Å²) < 4.78 is 30.4. The fraction of sp³-hybridized carbons (Fsp3) is 0.897. The zero-order valence-electron chi connectivity index (χ0n) is 23.9. The molecule has 5 saturated carbocycles. The van der Waals surface area contributed by atoms with E-state index in [9.17, 15) is 19.5 Å². The third-order valence-electron chi connectivity index (χ3n) is 11.7. The van der Waals surface area contributed by atoms with Gasteiger partial charge in [-0.25, -0.2) is 0 Å². The highest BCUT2D eigenvalue weighted by molar-refractivity contribution is 5.68. The zero-order chi connectivity index (χ0) is 28.1. The molecular formula is C29H43NO9. The minimum absolute atomic E-state index is 0.0809. The number of likely N-dealkylation sites (tertiary alicyclic amines) is 1. The summed E-state index contributed by atoms with van der Waals surface area (Å²) in [6, 6.07) is -0.176. The molecule has 1 aliphatic heterocycles. The van der Waals surface area contributed by atoms with Gasteiger partial charge in [0.2, 0.25) is 0 Å². The van der Waals surface area contributed by atoms with Crippen molar-refractivity contribution in [3.63, 3.8) is 0 Å². The first-order valence-electron chi connectivity index (χ1n) is 14.5. The quantitative estimate of drug-likeness (QED) is 0.370. The number of hydrogen-bond donors (Lipinski definition) is 1. The van der Waals surface area contributed by atoms with Gasteiger partial charge >= 0.3 is 17.9 Å². The topological polar surface area (TPSA) is 121 Å². The lowest BCUT2D eigenvalue weighted by atomic mass is 9.43. The monoisotopic (exact) mass is 549 g/mol. The molecule has 5 aliphatic carbocycles. The maximum atomic E-state index is 13.0. The van der Waals surface area contributed by atoms with E-state index in [0.717, 1.165) is 19.5 Å². The van der Waals surface area contributed by atoms with E-state index in [2.05, 4.69) is 11.8 Å². The molecule has 1 N–H and O–H groups in total. The summed E-state index contributed by atoms with van der Waals surface area (Å²) in [6.07, 6.45) is 0.622. The zero-order valence-corrected chi connectivity index (χ0v) is 23.9. The number of hydrogen-bond acceptors (Lipinski definition) is 10. The molecule has 1 unspecified atom stereocenters. The van der Waals surface area contributed by atoms with E-state index in [0.29, 0.717) is 25.9 Å². The van der Waals surface area contributed by atoms with Crippen LogP contribution in [0.15, 0.2) is 0 Å². The van der Waals surface area contributed by atoms with Gasteiger partial charge in [-0.3, -0.25) is 19.3 Å². The van der Waals surface area contributed by atoms with E-state index in [1.165, 1.54) is 20.8 Å². The summed E-state index contributed by atoms with van der Waals surface area (Å²) in [5.41, 5.74) is -2.26. The second kappa shape index (κ2) is 9.13. The lowest BCUT2D eigenvalue weighted by Gasteiger charge is -2.68. The second-order valence-electron chi connectivity index (χ2n) is 13.1. The first-order chi connectivity index (χ1) is 18.5. The maximum absolute atomic E-state index is 13.0. The second-order valence-corrected chi connectivity index (χ2v) is 13.1. The van der Waals surface area contributed by atoms with Gasteiger partial charge in [-0.05, 0) is 31.7 Å². The van der Waals surface area contributed by atoms with Gasteiger partial charge in [0.1, 0.15) is 18.3 Å². The van der Waals surface area contributed by atoms with Gasteiger partial charge in [-0.15, -0.1) is 0 Å². The molecule has 7 bridgehead atoms. The van der Waals surface area contributed by atoms with Crippen molar-refractivity contribution in [2.75, 3.05) is 33.9 Å². The molecule has 39 heavy (non-hydrogen) atoms. The Kier molecular flexibility index (Phi) is 6.42. The van der Waals surface area contributed by atoms with Crippen LogP contribution < -0.4 is 0 Å². The van der Waals surface area contributed by atoms with Crippen LogP contribution in [0.25, 0.3) is 0 Å². The maximum Gasteiger partial charge on any atom is 0.302 e. The van der Waals surface area contributed by atoms with Crippen LogP contribution in [-0.4, -0.2) is 97.9 Å². The van der Waals surface area contributed by atoms with Crippen LogP contribution in [-0.2, 0) is 38.1 Å². The minimum Gasteiger partial charge on any atom is -0.462 e. The van der Waals surface area contributed by atoms with Crippen LogP contribution in [0.2, 0.25) is 0 Å². The molecule has 0 amide bonds. The lowest BCUT2D eigenvalue weighted by Crippen LogP contribution is -2.76. The number of ether oxygens (including phenoxy) is 5. The molecule has 218 valence electrons. The molecule has 10 nitrogen and oxygen atoms in total. The van der Waals surface area contributed by atoms with Gasteiger partial charge in [0.15, 0.2) is 0 Å². The third-order valence-corrected chi connectivity index (χ3v) is 11.7. The number of aliphatic hydroxyl groups is 1. The van der Waals surface area contributed by atoms with Crippen molar-refractivity contribution in [1.29, 1.82) is 0 Å². The number of nitrogens with zero attached hydrogens (tertiary/aromatic N) is 1. The van der Waals surface area contributed by atoms with E-state index in [1.807, 2.05) is 0 Å². The molecule has 1 saturated heterocycles. The van der Waals surface area contributed by atoms with Gasteiger partial charge in [0, 0.05) is 88.5 Å². The highest BCUT2D eigenvalue weighted by Gasteiger charge is 2.87. The molecule has 1 spiro atoms. The van der Waals surface area contributed by atoms with Crippen LogP contribution >= 0.6 is 0 Å². The number of esters is 3. The fourth-order valence-electron chi connectivity index (χ4n) is 11.4. The Labute approximate surface area is 230 Å². The number of rotatable bonds is 7. The fourth-order valence-corrected chi connectivity index (χ4v) is 11.4. The van der Waals surface area contributed by atoms with Gasteiger partial charge in [0.05, 0.1) is 18.3 Å². The Morgan fingerprint density at radius 3 is 2.23 bits per heavy atom. The van der Waals surface area contributed by atoms with E-state index in [-0.39, 0.29) is 53.2 Å². The van der Waals surface area contributed by atoms with Gasteiger partial charge < -0.3 is 28.8 Å². The summed E-state index contributed by atoms with van der Waals surface area (Å²) in [7, 11) is 3.35. The molecule has 1 heterocycles. The minimum atomic E-state index is -1.30. The largest absolute Gasteiger partial charge is 0.462 e. The molecule has 6 fully saturated rings. The predicted molar refractivity (Wildman–Crippen MR) is 136 cm³/mol. The average molecular weight is 550 g/mol. The van der Waals surface area contributed by atoms with Crippen molar-refractivity contribution in [1.82, 2.24) is 4.90 Å². The standard InChI is InChI=1S/C29H43NO9/c1-7-30-12-27(13-35-5)9-8-20(37-14(2)31)29-18-10-17-19(36-6)11-28(34,21(18)23(17)38-15(3)32)22(26(29)30)24(25(27)29)39-16(4)33/h17-26,34H,7-13H2,1-6H3/t17-,18-,19+,20+,21-,22+,23+,24+,25-,26?,27+,28-,29+/m1/s1. The summed E-state index contributed by atoms with van der Waals surface area (Å²) in [6.45, 7) is 8.37. The lowest BCUT2D eigenvalue weighted by molar-refractivity contribution is -0.276. The van der Waals surface area contributed by atoms with Crippen molar-refractivity contribution in [2.24, 2.45) is 40.4 Å². The van der Waals surface area contributed by atoms with Crippen LogP contribution in [0.3, 0.4) is 0 Å². The molecule has 0 aromatic carbocycles. The number of fused-ring (bicyclic) bond motifs is 2. The van der Waals surface area contributed by atoms with Crippen LogP contribution in [0.5, 0.6) is 0 Å². The number of piperidine rings is 1. The van der Waals surface area contributed by atoms with Gasteiger partial charge in [-0.2, -0.15) is 0 Å². The molecule has 0 aromatic rings. The van der Waals surface area contributed by atoms with Crippen molar-refractivity contribution in [3.8, 4) is 0 Å². The number of methoxy groups -OCH3 is 2. The summed E-state index contributed by atoms with van der Waals surface area (Å²) in [5, 5.41) is 13.0. The van der Waals surface area contributed by atoms with E-state index in [1.54, 1.807) is 14.2 Å². The SMILES string of the molecule is CCN1C[C@]2(COC)CC[C@H](OC(C)=O)[C@]34C1[C@H]([C@H](OC(C)=O)[C@H]23)[C@@]1(O)C[C@H](OC)[C@H]2C[C@@H]4[C@@H]1[C@H]2OC(C)=O. The molecule has 0 aromatic heterocycles. The van der Waals surface area contributed by atoms with Crippen LogP contribution in [0, 0.1) is 40.4 Å². The number of carbonyl (C=O) groups excluding carboxylic acids is 3. The van der Waals surface area contributed by atoms with Gasteiger partial charge in [-0.1, -0.05) is 6.92 Å². The van der Waals surface area contributed by atoms with Crippen LogP contribution in [0.4, 0.5) is 0 Å². The molecule has 6 rings (SSSR count). The normalized spacial score (nSPS) is 50.8. The number of carbonyl (C=O) groups is 3. The molecule has 10 heteroatoms. The Hall–Kier alpha value is -1.75. The van der Waals surface area contributed by atoms with E-state index in [4.69, 9.17) is 23.7 Å². The Bertz CT molecular complexity index is 1050. The molecule has 6 aliphatic rings. The third kappa shape index (κ3) is 3.37. The summed E-state index contributed by atoms with van der Waals surface area (Å²) in [5.74, 6) is -2.35. The van der Waals surface area contributed by atoms with E-state index >= 15 is 0 Å². The molecule has 13 atom stereocenters. The Morgan fingerprint density at radius 2 is 1.64 bits per heavy atom. The Morgan fingerprint density at radius 1 is 0.974 bits per heavy atom. The van der Waals surface area contributed by atoms with Gasteiger partial charge in [0.25, 0.3) is 0 Å². The average Bonchev–Trinajstić information content (AvgIpc) is 3.27. The Balaban J connectivity index is 1.64. The molecule has 0 radical (unpaired) electrons.